The van der Waals surface area contributed by atoms with Gasteiger partial charge in [0.05, 0.1) is 12.7 Å². The predicted molar refractivity (Wildman–Crippen MR) is 80.0 cm³/mol. The highest BCUT2D eigenvalue weighted by Gasteiger charge is 2.30. The van der Waals surface area contributed by atoms with Gasteiger partial charge in [-0.2, -0.15) is 4.98 Å². The number of aliphatic hydroxyl groups excluding tert-OH is 1. The zero-order valence-electron chi connectivity index (χ0n) is 12.9. The molecule has 0 aliphatic carbocycles. The first-order valence-corrected chi connectivity index (χ1v) is 7.50. The van der Waals surface area contributed by atoms with Crippen LogP contribution in [0.4, 0.5) is 0 Å². The van der Waals surface area contributed by atoms with Crippen molar-refractivity contribution in [2.75, 3.05) is 13.1 Å². The number of morpholine rings is 1. The minimum atomic E-state index is -0.179. The van der Waals surface area contributed by atoms with Crippen molar-refractivity contribution in [1.82, 2.24) is 15.0 Å². The van der Waals surface area contributed by atoms with Crippen molar-refractivity contribution in [3.8, 4) is 0 Å². The van der Waals surface area contributed by atoms with E-state index < -0.39 is 0 Å². The van der Waals surface area contributed by atoms with Crippen molar-refractivity contribution in [3.63, 3.8) is 0 Å². The van der Waals surface area contributed by atoms with Gasteiger partial charge in [0.2, 0.25) is 0 Å². The number of aryl methyl sites for hydroxylation is 1. The van der Waals surface area contributed by atoms with Crippen molar-refractivity contribution in [3.05, 3.63) is 47.1 Å². The van der Waals surface area contributed by atoms with Crippen LogP contribution in [-0.2, 0) is 17.9 Å². The Morgan fingerprint density at radius 1 is 1.23 bits per heavy atom. The molecular weight excluding hydrogens is 282 g/mol. The van der Waals surface area contributed by atoms with Crippen LogP contribution in [0.25, 0.3) is 0 Å². The molecule has 6 nitrogen and oxygen atoms in total. The number of nitrogens with zero attached hydrogens (tertiary/aromatic N) is 3. The summed E-state index contributed by atoms with van der Waals surface area (Å²) >= 11 is 0. The molecule has 1 fully saturated rings. The third-order valence-corrected chi connectivity index (χ3v) is 3.77. The first-order valence-electron chi connectivity index (χ1n) is 7.50. The number of aromatic nitrogens is 2. The minimum Gasteiger partial charge on any atom is -0.392 e. The van der Waals surface area contributed by atoms with E-state index in [1.807, 2.05) is 12.1 Å². The molecule has 2 heterocycles. The Labute approximate surface area is 129 Å². The molecule has 1 aliphatic heterocycles. The van der Waals surface area contributed by atoms with Crippen molar-refractivity contribution in [2.24, 2.45) is 0 Å². The molecule has 2 atom stereocenters. The Kier molecular flexibility index (Phi) is 4.52. The molecule has 1 aromatic carbocycles. The number of aliphatic hydroxyl groups is 1. The van der Waals surface area contributed by atoms with Crippen molar-refractivity contribution in [2.45, 2.75) is 39.2 Å². The first kappa shape index (κ1) is 15.1. The second-order valence-corrected chi connectivity index (χ2v) is 5.78. The van der Waals surface area contributed by atoms with Gasteiger partial charge in [0.15, 0.2) is 5.82 Å². The van der Waals surface area contributed by atoms with E-state index >= 15 is 0 Å². The van der Waals surface area contributed by atoms with Crippen LogP contribution in [0.5, 0.6) is 0 Å². The van der Waals surface area contributed by atoms with E-state index in [0.29, 0.717) is 11.7 Å². The Morgan fingerprint density at radius 3 is 2.59 bits per heavy atom. The van der Waals surface area contributed by atoms with E-state index in [9.17, 15) is 0 Å². The molecule has 0 saturated carbocycles. The standard InChI is InChI=1S/C16H21N3O3/c1-11-7-19(8-13-3-5-14(10-20)6-4-13)9-15(21-11)16-17-12(2)18-22-16/h3-6,11,15,20H,7-10H2,1-2H3/t11-,15-/m1/s1. The summed E-state index contributed by atoms with van der Waals surface area (Å²) in [5.74, 6) is 1.17. The second kappa shape index (κ2) is 6.56. The van der Waals surface area contributed by atoms with Gasteiger partial charge in [-0.25, -0.2) is 0 Å². The summed E-state index contributed by atoms with van der Waals surface area (Å²) in [4.78, 5) is 6.60. The lowest BCUT2D eigenvalue weighted by Crippen LogP contribution is -2.42. The summed E-state index contributed by atoms with van der Waals surface area (Å²) in [5, 5.41) is 12.9. The normalized spacial score (nSPS) is 22.9. The molecule has 1 aliphatic rings. The molecule has 0 unspecified atom stereocenters. The summed E-state index contributed by atoms with van der Waals surface area (Å²) in [6, 6.07) is 8.02. The van der Waals surface area contributed by atoms with Crippen LogP contribution in [0.3, 0.4) is 0 Å². The molecule has 0 radical (unpaired) electrons. The molecule has 6 heteroatoms. The van der Waals surface area contributed by atoms with E-state index in [0.717, 1.165) is 25.2 Å². The van der Waals surface area contributed by atoms with Gasteiger partial charge in [0.1, 0.15) is 6.10 Å². The van der Waals surface area contributed by atoms with Crippen LogP contribution in [0.1, 0.15) is 35.9 Å². The average Bonchev–Trinajstić information content (AvgIpc) is 2.94. The molecule has 1 saturated heterocycles. The monoisotopic (exact) mass is 303 g/mol. The van der Waals surface area contributed by atoms with Crippen LogP contribution in [0.2, 0.25) is 0 Å². The summed E-state index contributed by atoms with van der Waals surface area (Å²) in [6.45, 7) is 6.37. The lowest BCUT2D eigenvalue weighted by Gasteiger charge is -2.35. The molecule has 22 heavy (non-hydrogen) atoms. The molecule has 0 bridgehead atoms. The SMILES string of the molecule is Cc1noc([C@H]2CN(Cc3ccc(CO)cc3)C[C@@H](C)O2)n1. The zero-order valence-corrected chi connectivity index (χ0v) is 12.9. The van der Waals surface area contributed by atoms with Gasteiger partial charge in [-0.1, -0.05) is 29.4 Å². The van der Waals surface area contributed by atoms with Gasteiger partial charge < -0.3 is 14.4 Å². The molecule has 1 aromatic heterocycles. The smallest absolute Gasteiger partial charge is 0.257 e. The summed E-state index contributed by atoms with van der Waals surface area (Å²) < 4.78 is 11.2. The highest BCUT2D eigenvalue weighted by atomic mass is 16.5. The molecule has 0 amide bonds. The van der Waals surface area contributed by atoms with Crippen LogP contribution in [-0.4, -0.2) is 39.3 Å². The highest BCUT2D eigenvalue weighted by molar-refractivity contribution is 5.22. The zero-order chi connectivity index (χ0) is 15.5. The number of rotatable bonds is 4. The average molecular weight is 303 g/mol. The molecule has 3 rings (SSSR count). The Hall–Kier alpha value is -1.76. The van der Waals surface area contributed by atoms with E-state index in [4.69, 9.17) is 14.4 Å². The quantitative estimate of drug-likeness (QED) is 0.929. The van der Waals surface area contributed by atoms with Crippen molar-refractivity contribution >= 4 is 0 Å². The van der Waals surface area contributed by atoms with Crippen molar-refractivity contribution < 1.29 is 14.4 Å². The van der Waals surface area contributed by atoms with E-state index in [2.05, 4.69) is 34.1 Å². The lowest BCUT2D eigenvalue weighted by atomic mass is 10.1. The fourth-order valence-electron chi connectivity index (χ4n) is 2.76. The third-order valence-electron chi connectivity index (χ3n) is 3.77. The van der Waals surface area contributed by atoms with Crippen LogP contribution >= 0.6 is 0 Å². The number of benzene rings is 1. The summed E-state index contributed by atoms with van der Waals surface area (Å²) in [7, 11) is 0. The maximum atomic E-state index is 9.10. The molecule has 2 aromatic rings. The van der Waals surface area contributed by atoms with Crippen LogP contribution in [0, 0.1) is 6.92 Å². The number of hydrogen-bond donors (Lipinski definition) is 1. The van der Waals surface area contributed by atoms with Crippen molar-refractivity contribution in [1.29, 1.82) is 0 Å². The fourth-order valence-corrected chi connectivity index (χ4v) is 2.76. The highest BCUT2D eigenvalue weighted by Crippen LogP contribution is 2.25. The van der Waals surface area contributed by atoms with Gasteiger partial charge >= 0.3 is 0 Å². The first-order chi connectivity index (χ1) is 10.6. The molecule has 1 N–H and O–H groups in total. The largest absolute Gasteiger partial charge is 0.392 e. The maximum absolute atomic E-state index is 9.10. The van der Waals surface area contributed by atoms with E-state index in [-0.39, 0.29) is 18.8 Å². The third kappa shape index (κ3) is 3.52. The predicted octanol–water partition coefficient (Wildman–Crippen LogP) is 1.83. The van der Waals surface area contributed by atoms with E-state index in [1.54, 1.807) is 6.92 Å². The maximum Gasteiger partial charge on any atom is 0.257 e. The summed E-state index contributed by atoms with van der Waals surface area (Å²) in [6.07, 6.45) is -0.0654. The number of ether oxygens (including phenoxy) is 1. The lowest BCUT2D eigenvalue weighted by molar-refractivity contribution is -0.0930. The molecule has 118 valence electrons. The van der Waals surface area contributed by atoms with Gasteiger partial charge in [-0.15, -0.1) is 0 Å². The van der Waals surface area contributed by atoms with Gasteiger partial charge in [-0.3, -0.25) is 4.90 Å². The van der Waals surface area contributed by atoms with Crippen LogP contribution in [0.15, 0.2) is 28.8 Å². The van der Waals surface area contributed by atoms with E-state index in [1.165, 1.54) is 5.56 Å². The molecule has 0 spiro atoms. The van der Waals surface area contributed by atoms with Gasteiger partial charge in [-0.05, 0) is 25.0 Å². The van der Waals surface area contributed by atoms with Gasteiger partial charge in [0, 0.05) is 19.6 Å². The Balaban J connectivity index is 1.67. The Morgan fingerprint density at radius 2 is 1.95 bits per heavy atom. The van der Waals surface area contributed by atoms with Crippen LogP contribution < -0.4 is 0 Å². The van der Waals surface area contributed by atoms with Gasteiger partial charge in [0.25, 0.3) is 5.89 Å². The molecular formula is C16H21N3O3. The number of hydrogen-bond acceptors (Lipinski definition) is 6. The second-order valence-electron chi connectivity index (χ2n) is 5.78. The Bertz CT molecular complexity index is 611. The fraction of sp³-hybridized carbons (Fsp3) is 0.500. The summed E-state index contributed by atoms with van der Waals surface area (Å²) in [5.41, 5.74) is 2.14. The topological polar surface area (TPSA) is 71.6 Å². The minimum absolute atomic E-state index is 0.0768.